The van der Waals surface area contributed by atoms with E-state index in [-0.39, 0.29) is 11.3 Å². The van der Waals surface area contributed by atoms with Gasteiger partial charge in [0.15, 0.2) is 0 Å². The van der Waals surface area contributed by atoms with Gasteiger partial charge < -0.3 is 15.0 Å². The Hall–Kier alpha value is -1.87. The summed E-state index contributed by atoms with van der Waals surface area (Å²) in [7, 11) is -2.14. The predicted octanol–water partition coefficient (Wildman–Crippen LogP) is 2.13. The van der Waals surface area contributed by atoms with E-state index in [0.717, 1.165) is 32.2 Å². The molecule has 1 saturated carbocycles. The van der Waals surface area contributed by atoms with Crippen LogP contribution in [0, 0.1) is 0 Å². The first-order chi connectivity index (χ1) is 13.4. The molecule has 0 spiro atoms. The quantitative estimate of drug-likeness (QED) is 0.693. The maximum Gasteiger partial charge on any atom is 0.341 e. The van der Waals surface area contributed by atoms with Crippen molar-refractivity contribution < 1.29 is 17.9 Å². The van der Waals surface area contributed by atoms with Gasteiger partial charge in [-0.1, -0.05) is 19.3 Å². The minimum Gasteiger partial charge on any atom is -0.465 e. The van der Waals surface area contributed by atoms with Crippen molar-refractivity contribution in [3.63, 3.8) is 0 Å². The molecule has 1 aromatic heterocycles. The summed E-state index contributed by atoms with van der Waals surface area (Å²) >= 11 is 0. The number of nitrogens with zero attached hydrogens (tertiary/aromatic N) is 2. The summed E-state index contributed by atoms with van der Waals surface area (Å²) in [5.41, 5.74) is 0.523. The van der Waals surface area contributed by atoms with Gasteiger partial charge in [0.2, 0.25) is 10.0 Å². The van der Waals surface area contributed by atoms with Gasteiger partial charge in [-0.05, 0) is 31.7 Å². The number of carbonyl (C=O) groups excluding carboxylic acids is 1. The Kier molecular flexibility index (Phi) is 6.77. The zero-order valence-electron chi connectivity index (χ0n) is 16.6. The van der Waals surface area contributed by atoms with Crippen molar-refractivity contribution in [2.75, 3.05) is 36.1 Å². The van der Waals surface area contributed by atoms with Gasteiger partial charge in [-0.2, -0.15) is 0 Å². The lowest BCUT2D eigenvalue weighted by molar-refractivity contribution is 0.0601. The molecule has 2 heterocycles. The van der Waals surface area contributed by atoms with Gasteiger partial charge in [0.25, 0.3) is 0 Å². The number of carbonyl (C=O) groups is 1. The molecule has 0 atom stereocenters. The number of pyridine rings is 1. The number of hydrogen-bond acceptors (Lipinski definition) is 7. The molecule has 1 aromatic rings. The first-order valence-corrected chi connectivity index (χ1v) is 11.8. The lowest BCUT2D eigenvalue weighted by Crippen LogP contribution is -2.47. The first-order valence-electron chi connectivity index (χ1n) is 9.93. The Labute approximate surface area is 167 Å². The summed E-state index contributed by atoms with van der Waals surface area (Å²) in [5, 5.41) is 3.80. The van der Waals surface area contributed by atoms with Crippen molar-refractivity contribution in [3.8, 4) is 0 Å². The Morgan fingerprint density at radius 2 is 1.79 bits per heavy atom. The van der Waals surface area contributed by atoms with E-state index >= 15 is 0 Å². The van der Waals surface area contributed by atoms with E-state index < -0.39 is 16.0 Å². The van der Waals surface area contributed by atoms with Gasteiger partial charge in [0, 0.05) is 25.2 Å². The van der Waals surface area contributed by atoms with Crippen molar-refractivity contribution in [2.24, 2.45) is 0 Å². The molecule has 1 aliphatic carbocycles. The molecular formula is C19H30N4O4S. The fourth-order valence-corrected chi connectivity index (χ4v) is 4.64. The molecule has 2 N–H and O–H groups in total. The number of hydrogen-bond donors (Lipinski definition) is 2. The van der Waals surface area contributed by atoms with Gasteiger partial charge in [0.1, 0.15) is 11.4 Å². The minimum absolute atomic E-state index is 0.250. The van der Waals surface area contributed by atoms with Crippen LogP contribution in [0.2, 0.25) is 0 Å². The van der Waals surface area contributed by atoms with Gasteiger partial charge in [0.05, 0.1) is 25.2 Å². The van der Waals surface area contributed by atoms with Crippen molar-refractivity contribution in [1.29, 1.82) is 0 Å². The number of esters is 1. The number of rotatable bonds is 6. The largest absolute Gasteiger partial charge is 0.465 e. The molecule has 156 valence electrons. The molecule has 2 fully saturated rings. The lowest BCUT2D eigenvalue weighted by atomic mass is 9.93. The molecule has 1 aliphatic heterocycles. The van der Waals surface area contributed by atoms with Gasteiger partial charge in [-0.15, -0.1) is 0 Å². The molecule has 0 amide bonds. The average Bonchev–Trinajstić information content (AvgIpc) is 2.67. The standard InChI is InChI=1S/C19H30N4O4S/c1-27-19(24)17-12-16(22-28(2,25)26)13-20-18(17)23-10-8-15(9-11-23)21-14-6-4-3-5-7-14/h12-15,21-22H,3-11H2,1-2H3. The SMILES string of the molecule is COC(=O)c1cc(NS(C)(=O)=O)cnc1N1CCC(NC2CCCCC2)CC1. The highest BCUT2D eigenvalue weighted by Crippen LogP contribution is 2.26. The molecule has 9 heteroatoms. The minimum atomic E-state index is -3.45. The van der Waals surface area contributed by atoms with E-state index in [2.05, 4.69) is 19.9 Å². The van der Waals surface area contributed by atoms with Crippen molar-refractivity contribution in [2.45, 2.75) is 57.0 Å². The van der Waals surface area contributed by atoms with Crippen LogP contribution >= 0.6 is 0 Å². The average molecular weight is 411 g/mol. The van der Waals surface area contributed by atoms with Crippen LogP contribution in [0.3, 0.4) is 0 Å². The molecule has 0 radical (unpaired) electrons. The van der Waals surface area contributed by atoms with Crippen LogP contribution in [-0.2, 0) is 14.8 Å². The molecule has 0 unspecified atom stereocenters. The van der Waals surface area contributed by atoms with Crippen LogP contribution in [0.4, 0.5) is 11.5 Å². The molecule has 0 bridgehead atoms. The van der Waals surface area contributed by atoms with Crippen LogP contribution in [-0.4, -0.2) is 57.9 Å². The molecule has 2 aliphatic rings. The number of aromatic nitrogens is 1. The second-order valence-electron chi connectivity index (χ2n) is 7.72. The molecule has 1 saturated heterocycles. The summed E-state index contributed by atoms with van der Waals surface area (Å²) < 4.78 is 30.2. The molecule has 8 nitrogen and oxygen atoms in total. The van der Waals surface area contributed by atoms with E-state index in [1.165, 1.54) is 51.5 Å². The van der Waals surface area contributed by atoms with Gasteiger partial charge in [-0.3, -0.25) is 4.72 Å². The maximum atomic E-state index is 12.2. The Morgan fingerprint density at radius 3 is 2.39 bits per heavy atom. The number of piperidine rings is 1. The summed E-state index contributed by atoms with van der Waals surface area (Å²) in [6.45, 7) is 1.58. The molecule has 3 rings (SSSR count). The highest BCUT2D eigenvalue weighted by molar-refractivity contribution is 7.92. The summed E-state index contributed by atoms with van der Waals surface area (Å²) in [4.78, 5) is 18.7. The van der Waals surface area contributed by atoms with E-state index in [1.807, 2.05) is 0 Å². The second-order valence-corrected chi connectivity index (χ2v) is 9.47. The van der Waals surface area contributed by atoms with Gasteiger partial charge in [-0.25, -0.2) is 18.2 Å². The maximum absolute atomic E-state index is 12.2. The first kappa shape index (κ1) is 20.9. The molecular weight excluding hydrogens is 380 g/mol. The lowest BCUT2D eigenvalue weighted by Gasteiger charge is -2.36. The Bertz CT molecular complexity index is 785. The summed E-state index contributed by atoms with van der Waals surface area (Å²) in [6.07, 6.45) is 11.0. The number of nitrogens with one attached hydrogen (secondary N) is 2. The van der Waals surface area contributed by atoms with Crippen LogP contribution < -0.4 is 14.9 Å². The Balaban J connectivity index is 1.68. The van der Waals surface area contributed by atoms with Crippen LogP contribution in [0.1, 0.15) is 55.3 Å². The molecule has 28 heavy (non-hydrogen) atoms. The summed E-state index contributed by atoms with van der Waals surface area (Å²) in [6, 6.07) is 2.62. The zero-order chi connectivity index (χ0) is 20.1. The zero-order valence-corrected chi connectivity index (χ0v) is 17.4. The normalized spacial score (nSPS) is 19.4. The number of sulfonamides is 1. The van der Waals surface area contributed by atoms with E-state index in [1.54, 1.807) is 0 Å². The third-order valence-electron chi connectivity index (χ3n) is 5.45. The fourth-order valence-electron chi connectivity index (χ4n) is 4.10. The number of ether oxygens (including phenoxy) is 1. The fraction of sp³-hybridized carbons (Fsp3) is 0.684. The van der Waals surface area contributed by atoms with Crippen molar-refractivity contribution in [3.05, 3.63) is 17.8 Å². The van der Waals surface area contributed by atoms with Crippen LogP contribution in [0.15, 0.2) is 12.3 Å². The number of methoxy groups -OCH3 is 1. The van der Waals surface area contributed by atoms with E-state index in [9.17, 15) is 13.2 Å². The predicted molar refractivity (Wildman–Crippen MR) is 109 cm³/mol. The summed E-state index contributed by atoms with van der Waals surface area (Å²) in [5.74, 6) is 0.0177. The highest BCUT2D eigenvalue weighted by atomic mass is 32.2. The van der Waals surface area contributed by atoms with Crippen LogP contribution in [0.5, 0.6) is 0 Å². The van der Waals surface area contributed by atoms with E-state index in [0.29, 0.717) is 17.9 Å². The van der Waals surface area contributed by atoms with E-state index in [4.69, 9.17) is 4.74 Å². The molecule has 0 aromatic carbocycles. The topological polar surface area (TPSA) is 101 Å². The van der Waals surface area contributed by atoms with Crippen LogP contribution in [0.25, 0.3) is 0 Å². The van der Waals surface area contributed by atoms with Crippen molar-refractivity contribution >= 4 is 27.5 Å². The second kappa shape index (κ2) is 9.09. The Morgan fingerprint density at radius 1 is 1.14 bits per heavy atom. The van der Waals surface area contributed by atoms with Crippen molar-refractivity contribution in [1.82, 2.24) is 10.3 Å². The highest BCUT2D eigenvalue weighted by Gasteiger charge is 2.26. The third-order valence-corrected chi connectivity index (χ3v) is 6.05. The third kappa shape index (κ3) is 5.57. The monoisotopic (exact) mass is 410 g/mol. The number of anilines is 2. The van der Waals surface area contributed by atoms with Gasteiger partial charge >= 0.3 is 5.97 Å². The smallest absolute Gasteiger partial charge is 0.341 e.